The van der Waals surface area contributed by atoms with Gasteiger partial charge in [-0.1, -0.05) is 38.9 Å². The summed E-state index contributed by atoms with van der Waals surface area (Å²) in [5.41, 5.74) is 3.11. The molecule has 3 heteroatoms. The van der Waals surface area contributed by atoms with Crippen molar-refractivity contribution in [3.8, 4) is 0 Å². The fourth-order valence-electron chi connectivity index (χ4n) is 3.30. The van der Waals surface area contributed by atoms with Gasteiger partial charge in [0.25, 0.3) is 0 Å². The van der Waals surface area contributed by atoms with Crippen LogP contribution in [0.3, 0.4) is 0 Å². The summed E-state index contributed by atoms with van der Waals surface area (Å²) in [6, 6.07) is 0. The summed E-state index contributed by atoms with van der Waals surface area (Å²) >= 11 is 5.70. The number of likely N-dealkylation sites (tertiary alicyclic amines) is 1. The molecule has 1 N–H and O–H groups in total. The van der Waals surface area contributed by atoms with Crippen molar-refractivity contribution in [2.24, 2.45) is 5.41 Å². The smallest absolute Gasteiger partial charge is 0.0261 e. The Kier molecular flexibility index (Phi) is 5.02. The average Bonchev–Trinajstić information content (AvgIpc) is 2.60. The average molecular weight is 280 g/mol. The van der Waals surface area contributed by atoms with E-state index in [0.717, 1.165) is 19.4 Å². The molecule has 2 nitrogen and oxygen atoms in total. The minimum Gasteiger partial charge on any atom is -0.391 e. The molecule has 0 bridgehead atoms. The van der Waals surface area contributed by atoms with Gasteiger partial charge in [0.2, 0.25) is 0 Å². The molecule has 0 spiro atoms. The number of nitrogens with one attached hydrogen (secondary N) is 1. The largest absolute Gasteiger partial charge is 0.391 e. The Morgan fingerprint density at radius 1 is 1.11 bits per heavy atom. The Hall–Kier alpha value is -0.410. The fraction of sp³-hybridized carbons (Fsp3) is 0.812. The van der Waals surface area contributed by atoms with Gasteiger partial charge in [0.05, 0.1) is 0 Å². The van der Waals surface area contributed by atoms with Crippen LogP contribution in [0.5, 0.6) is 0 Å². The van der Waals surface area contributed by atoms with E-state index < -0.39 is 0 Å². The zero-order chi connectivity index (χ0) is 13.9. The molecule has 1 saturated heterocycles. The van der Waals surface area contributed by atoms with Crippen molar-refractivity contribution in [2.75, 3.05) is 26.7 Å². The molecule has 0 aromatic heterocycles. The first-order chi connectivity index (χ1) is 9.02. The monoisotopic (exact) mass is 280 g/mol. The van der Waals surface area contributed by atoms with E-state index in [4.69, 9.17) is 12.2 Å². The molecule has 1 aliphatic carbocycles. The molecular weight excluding hydrogens is 252 g/mol. The highest BCUT2D eigenvalue weighted by Gasteiger charge is 2.30. The zero-order valence-electron chi connectivity index (χ0n) is 12.7. The summed E-state index contributed by atoms with van der Waals surface area (Å²) in [6.45, 7) is 8.18. The Morgan fingerprint density at radius 3 is 2.32 bits per heavy atom. The molecule has 1 aliphatic heterocycles. The van der Waals surface area contributed by atoms with Crippen molar-refractivity contribution < 1.29 is 0 Å². The number of rotatable bonds is 3. The molecule has 0 aromatic carbocycles. The van der Waals surface area contributed by atoms with Gasteiger partial charge in [-0.3, -0.25) is 4.90 Å². The van der Waals surface area contributed by atoms with E-state index in [0.29, 0.717) is 5.41 Å². The maximum absolute atomic E-state index is 5.70. The van der Waals surface area contributed by atoms with Crippen LogP contribution in [-0.2, 0) is 0 Å². The van der Waals surface area contributed by atoms with Crippen molar-refractivity contribution in [3.05, 3.63) is 11.3 Å². The fourth-order valence-corrected chi connectivity index (χ4v) is 3.88. The maximum Gasteiger partial charge on any atom is 0.0261 e. The Labute approximate surface area is 123 Å². The van der Waals surface area contributed by atoms with Crippen LogP contribution in [0.2, 0.25) is 0 Å². The van der Waals surface area contributed by atoms with Gasteiger partial charge in [-0.15, -0.1) is 0 Å². The van der Waals surface area contributed by atoms with Gasteiger partial charge in [-0.2, -0.15) is 0 Å². The number of hydrogen-bond acceptors (Lipinski definition) is 3. The molecule has 0 unspecified atom stereocenters. The predicted octanol–water partition coefficient (Wildman–Crippen LogP) is 3.53. The normalized spacial score (nSPS) is 25.3. The van der Waals surface area contributed by atoms with Crippen molar-refractivity contribution in [3.63, 3.8) is 0 Å². The van der Waals surface area contributed by atoms with Crippen LogP contribution in [-0.4, -0.2) is 36.4 Å². The molecule has 0 radical (unpaired) electrons. The highest BCUT2D eigenvalue weighted by molar-refractivity contribution is 7.80. The van der Waals surface area contributed by atoms with Crippen molar-refractivity contribution >= 4 is 17.1 Å². The number of hydrogen-bond donors (Lipinski definition) is 1. The Bertz CT molecular complexity index is 363. The van der Waals surface area contributed by atoms with Gasteiger partial charge >= 0.3 is 0 Å². The molecule has 0 aromatic rings. The molecule has 0 atom stereocenters. The SMILES string of the molecule is CNC1=C(CN2CCCCCC2)C(=S)CC(C)(C)C1. The zero-order valence-corrected chi connectivity index (χ0v) is 13.5. The lowest BCUT2D eigenvalue weighted by Gasteiger charge is -2.35. The highest BCUT2D eigenvalue weighted by Crippen LogP contribution is 2.36. The summed E-state index contributed by atoms with van der Waals surface area (Å²) in [5, 5.41) is 3.41. The van der Waals surface area contributed by atoms with E-state index in [1.165, 1.54) is 54.9 Å². The third-order valence-corrected chi connectivity index (χ3v) is 4.77. The van der Waals surface area contributed by atoms with Crippen molar-refractivity contribution in [1.82, 2.24) is 10.2 Å². The number of nitrogens with zero attached hydrogens (tertiary/aromatic N) is 1. The molecule has 2 aliphatic rings. The molecular formula is C16H28N2S. The number of allylic oxidation sites excluding steroid dienone is 1. The third kappa shape index (κ3) is 4.03. The molecule has 108 valence electrons. The van der Waals surface area contributed by atoms with E-state index >= 15 is 0 Å². The lowest BCUT2D eigenvalue weighted by molar-refractivity contribution is 0.303. The number of thiocarbonyl (C=S) groups is 1. The quantitative estimate of drug-likeness (QED) is 0.796. The van der Waals surface area contributed by atoms with E-state index in [-0.39, 0.29) is 0 Å². The summed E-state index contributed by atoms with van der Waals surface area (Å²) in [7, 11) is 2.04. The van der Waals surface area contributed by atoms with Crippen molar-refractivity contribution in [2.45, 2.75) is 52.4 Å². The van der Waals surface area contributed by atoms with Gasteiger partial charge in [0.1, 0.15) is 0 Å². The van der Waals surface area contributed by atoms with Crippen LogP contribution >= 0.6 is 12.2 Å². The first-order valence-corrected chi connectivity index (χ1v) is 8.08. The van der Waals surface area contributed by atoms with Gasteiger partial charge in [-0.05, 0) is 49.8 Å². The van der Waals surface area contributed by atoms with Crippen LogP contribution in [0, 0.1) is 5.41 Å². The first-order valence-electron chi connectivity index (χ1n) is 7.67. The van der Waals surface area contributed by atoms with Gasteiger partial charge in [-0.25, -0.2) is 0 Å². The third-order valence-electron chi connectivity index (χ3n) is 4.38. The predicted molar refractivity (Wildman–Crippen MR) is 86.6 cm³/mol. The molecule has 0 saturated carbocycles. The Morgan fingerprint density at radius 2 is 1.74 bits per heavy atom. The van der Waals surface area contributed by atoms with E-state index in [1.54, 1.807) is 0 Å². The maximum atomic E-state index is 5.70. The molecule has 19 heavy (non-hydrogen) atoms. The summed E-state index contributed by atoms with van der Waals surface area (Å²) in [6.07, 6.45) is 7.68. The molecule has 0 amide bonds. The van der Waals surface area contributed by atoms with E-state index in [1.807, 2.05) is 7.05 Å². The van der Waals surface area contributed by atoms with Crippen LogP contribution in [0.4, 0.5) is 0 Å². The minimum absolute atomic E-state index is 0.317. The molecule has 2 rings (SSSR count). The topological polar surface area (TPSA) is 15.3 Å². The molecule has 1 fully saturated rings. The lowest BCUT2D eigenvalue weighted by atomic mass is 9.76. The summed E-state index contributed by atoms with van der Waals surface area (Å²) in [4.78, 5) is 3.79. The molecule has 1 heterocycles. The summed E-state index contributed by atoms with van der Waals surface area (Å²) in [5.74, 6) is 0. The minimum atomic E-state index is 0.317. The summed E-state index contributed by atoms with van der Waals surface area (Å²) < 4.78 is 0. The first kappa shape index (κ1) is 15.0. The van der Waals surface area contributed by atoms with Crippen LogP contribution in [0.15, 0.2) is 11.3 Å². The van der Waals surface area contributed by atoms with E-state index in [2.05, 4.69) is 24.1 Å². The van der Waals surface area contributed by atoms with Crippen LogP contribution < -0.4 is 5.32 Å². The second-order valence-corrected chi connectivity index (χ2v) is 7.33. The van der Waals surface area contributed by atoms with Crippen LogP contribution in [0.1, 0.15) is 52.4 Å². The van der Waals surface area contributed by atoms with Crippen molar-refractivity contribution in [1.29, 1.82) is 0 Å². The van der Waals surface area contributed by atoms with Gasteiger partial charge < -0.3 is 5.32 Å². The van der Waals surface area contributed by atoms with Crippen LogP contribution in [0.25, 0.3) is 0 Å². The van der Waals surface area contributed by atoms with Gasteiger partial charge in [0.15, 0.2) is 0 Å². The highest BCUT2D eigenvalue weighted by atomic mass is 32.1. The second kappa shape index (κ2) is 6.36. The lowest BCUT2D eigenvalue weighted by Crippen LogP contribution is -2.36. The van der Waals surface area contributed by atoms with Gasteiger partial charge in [0, 0.05) is 24.2 Å². The Balaban J connectivity index is 2.11. The van der Waals surface area contributed by atoms with E-state index in [9.17, 15) is 0 Å². The second-order valence-electron chi connectivity index (χ2n) is 6.84. The standard InChI is InChI=1S/C16H28N2S/c1-16(2)10-14(17-3)13(15(19)11-16)12-18-8-6-4-5-7-9-18/h17H,4-12H2,1-3H3.